The van der Waals surface area contributed by atoms with Gasteiger partial charge in [0.25, 0.3) is 0 Å². The summed E-state index contributed by atoms with van der Waals surface area (Å²) in [7, 11) is 0. The van der Waals surface area contributed by atoms with Crippen molar-refractivity contribution in [1.29, 1.82) is 0 Å². The molecule has 1 aliphatic heterocycles. The molecule has 5 nitrogen and oxygen atoms in total. The highest BCUT2D eigenvalue weighted by molar-refractivity contribution is 6.09. The third-order valence-corrected chi connectivity index (χ3v) is 14.7. The Hall–Kier alpha value is -7.96. The van der Waals surface area contributed by atoms with Crippen LogP contribution < -0.4 is 14.5 Å². The van der Waals surface area contributed by atoms with Gasteiger partial charge in [-0.05, 0) is 171 Å². The average Bonchev–Trinajstić information content (AvgIpc) is 3.93. The Kier molecular flexibility index (Phi) is 12.5. The molecular weight excluding hydrogens is 896 g/mol. The number of hydrogen-bond donors (Lipinski definition) is 0. The molecule has 73 heavy (non-hydrogen) atoms. The first-order valence-electron chi connectivity index (χ1n) is 25.9. The van der Waals surface area contributed by atoms with Crippen molar-refractivity contribution in [2.24, 2.45) is 0 Å². The summed E-state index contributed by atoms with van der Waals surface area (Å²) in [6.45, 7) is 21.1. The van der Waals surface area contributed by atoms with Crippen molar-refractivity contribution in [3.63, 3.8) is 0 Å². The molecule has 3 heterocycles. The number of ether oxygens (including phenoxy) is 1. The first-order chi connectivity index (χ1) is 35.3. The Morgan fingerprint density at radius 1 is 0.466 bits per heavy atom. The molecular formula is C67H63FN4O. The monoisotopic (exact) mass is 958 g/mol. The smallest absolute Gasteiger partial charge is 0.137 e. The third-order valence-electron chi connectivity index (χ3n) is 14.7. The van der Waals surface area contributed by atoms with Gasteiger partial charge >= 0.3 is 0 Å². The Bertz CT molecular complexity index is 3610. The van der Waals surface area contributed by atoms with Crippen LogP contribution in [0.4, 0.5) is 27.1 Å². The van der Waals surface area contributed by atoms with Gasteiger partial charge in [0, 0.05) is 40.5 Å². The molecule has 0 saturated heterocycles. The van der Waals surface area contributed by atoms with E-state index >= 15 is 0 Å². The van der Waals surface area contributed by atoms with E-state index in [9.17, 15) is 4.39 Å². The van der Waals surface area contributed by atoms with E-state index < -0.39 is 0 Å². The second-order valence-electron chi connectivity index (χ2n) is 21.1. The lowest BCUT2D eigenvalue weighted by Gasteiger charge is -2.30. The molecule has 6 heteroatoms. The highest BCUT2D eigenvalue weighted by Gasteiger charge is 2.33. The molecule has 0 bridgehead atoms. The standard InChI is InChI=1S/C67H63FN4O/c1-41(2)57-34-48(46-17-11-10-12-18-46)35-58(42(3)4)66(57)50-32-52(38-54(33-50)73-53-27-28-56-55-19-13-14-20-61(55)72(63(56)39-53)65-21-15-16-30-69-65)70-40-71(64-31-45(9)22-29-62(64)70)67-59(43(5)6)36-49(37-60(67)44(7)8)47-23-25-51(68)26-24-47/h10-39,41-44H,40H2,1-9H3. The van der Waals surface area contributed by atoms with Gasteiger partial charge in [0.2, 0.25) is 0 Å². The molecule has 364 valence electrons. The number of aryl methyl sites for hydroxylation is 1. The Labute approximate surface area is 430 Å². The first-order valence-corrected chi connectivity index (χ1v) is 25.9. The van der Waals surface area contributed by atoms with Crippen LogP contribution in [0.25, 0.3) is 61.0 Å². The van der Waals surface area contributed by atoms with Crippen LogP contribution in [0.2, 0.25) is 0 Å². The number of hydrogen-bond acceptors (Lipinski definition) is 4. The summed E-state index contributed by atoms with van der Waals surface area (Å²) in [4.78, 5) is 9.81. The van der Waals surface area contributed by atoms with Crippen molar-refractivity contribution in [1.82, 2.24) is 9.55 Å². The van der Waals surface area contributed by atoms with Crippen LogP contribution in [-0.2, 0) is 0 Å². The van der Waals surface area contributed by atoms with Crippen LogP contribution in [0.15, 0.2) is 182 Å². The molecule has 0 atom stereocenters. The lowest BCUT2D eigenvalue weighted by atomic mass is 9.82. The molecule has 0 unspecified atom stereocenters. The molecule has 10 aromatic rings. The fourth-order valence-electron chi connectivity index (χ4n) is 11.0. The number of pyridine rings is 1. The zero-order valence-corrected chi connectivity index (χ0v) is 43.4. The predicted octanol–water partition coefficient (Wildman–Crippen LogP) is 19.2. The average molecular weight is 959 g/mol. The van der Waals surface area contributed by atoms with Gasteiger partial charge in [-0.2, -0.15) is 0 Å². The third kappa shape index (κ3) is 8.83. The summed E-state index contributed by atoms with van der Waals surface area (Å²) in [5.74, 6) is 3.05. The van der Waals surface area contributed by atoms with E-state index in [1.54, 1.807) is 12.1 Å². The summed E-state index contributed by atoms with van der Waals surface area (Å²) < 4.78 is 23.7. The van der Waals surface area contributed by atoms with Gasteiger partial charge < -0.3 is 14.5 Å². The van der Waals surface area contributed by atoms with Gasteiger partial charge in [-0.1, -0.05) is 140 Å². The van der Waals surface area contributed by atoms with Crippen LogP contribution in [0.5, 0.6) is 11.5 Å². The lowest BCUT2D eigenvalue weighted by molar-refractivity contribution is 0.483. The van der Waals surface area contributed by atoms with E-state index in [4.69, 9.17) is 9.72 Å². The first kappa shape index (κ1) is 47.4. The predicted molar refractivity (Wildman–Crippen MR) is 304 cm³/mol. The maximum Gasteiger partial charge on any atom is 0.137 e. The number of benzene rings is 8. The zero-order chi connectivity index (χ0) is 50.7. The largest absolute Gasteiger partial charge is 0.457 e. The Balaban J connectivity index is 1.11. The number of fused-ring (bicyclic) bond motifs is 4. The minimum atomic E-state index is -0.231. The Morgan fingerprint density at radius 2 is 1.08 bits per heavy atom. The van der Waals surface area contributed by atoms with Gasteiger partial charge in [0.05, 0.1) is 22.4 Å². The normalized spacial score (nSPS) is 12.6. The van der Waals surface area contributed by atoms with E-state index in [-0.39, 0.29) is 29.5 Å². The molecule has 1 aliphatic rings. The molecule has 0 saturated carbocycles. The van der Waals surface area contributed by atoms with Crippen LogP contribution in [-0.4, -0.2) is 16.2 Å². The van der Waals surface area contributed by atoms with Crippen LogP contribution in [0, 0.1) is 12.7 Å². The fraction of sp³-hybridized carbons (Fsp3) is 0.209. The summed E-state index contributed by atoms with van der Waals surface area (Å²) in [6, 6.07) is 61.9. The van der Waals surface area contributed by atoms with Crippen molar-refractivity contribution < 1.29 is 9.13 Å². The van der Waals surface area contributed by atoms with Gasteiger partial charge in [-0.3, -0.25) is 4.57 Å². The minimum absolute atomic E-state index is 0.218. The van der Waals surface area contributed by atoms with E-state index in [2.05, 4.69) is 216 Å². The fourth-order valence-corrected chi connectivity index (χ4v) is 11.0. The van der Waals surface area contributed by atoms with E-state index in [1.165, 1.54) is 55.6 Å². The Morgan fingerprint density at radius 3 is 1.74 bits per heavy atom. The van der Waals surface area contributed by atoms with Crippen LogP contribution in [0.1, 0.15) is 107 Å². The quantitative estimate of drug-likeness (QED) is 0.122. The summed E-state index contributed by atoms with van der Waals surface area (Å²) in [6.07, 6.45) is 1.85. The van der Waals surface area contributed by atoms with Gasteiger partial charge in [0.1, 0.15) is 29.8 Å². The highest BCUT2D eigenvalue weighted by atomic mass is 19.1. The number of para-hydroxylation sites is 1. The number of aromatic nitrogens is 2. The van der Waals surface area contributed by atoms with Crippen molar-refractivity contribution in [2.45, 2.75) is 86.0 Å². The molecule has 11 rings (SSSR count). The summed E-state index contributed by atoms with van der Waals surface area (Å²) >= 11 is 0. The van der Waals surface area contributed by atoms with Crippen molar-refractivity contribution >= 4 is 44.6 Å². The molecule has 0 aliphatic carbocycles. The number of anilines is 4. The SMILES string of the molecule is Cc1ccc2c(c1)N(c1c(C(C)C)cc(-c3ccc(F)cc3)cc1C(C)C)CN2c1cc(Oc2ccc3c4ccccc4n(-c4ccccn4)c3c2)cc(-c2c(C(C)C)cc(-c3ccccc3)cc2C(C)C)c1. The number of halogens is 1. The molecule has 0 amide bonds. The molecule has 0 radical (unpaired) electrons. The number of nitrogens with zero attached hydrogens (tertiary/aromatic N) is 4. The summed E-state index contributed by atoms with van der Waals surface area (Å²) in [5, 5.41) is 2.31. The molecule has 0 fully saturated rings. The maximum atomic E-state index is 14.2. The van der Waals surface area contributed by atoms with E-state index in [0.717, 1.165) is 67.5 Å². The van der Waals surface area contributed by atoms with Crippen LogP contribution >= 0.6 is 0 Å². The van der Waals surface area contributed by atoms with Crippen molar-refractivity contribution in [2.75, 3.05) is 16.5 Å². The van der Waals surface area contributed by atoms with Gasteiger partial charge in [0.15, 0.2) is 0 Å². The second-order valence-corrected chi connectivity index (χ2v) is 21.1. The van der Waals surface area contributed by atoms with Gasteiger partial charge in [-0.15, -0.1) is 0 Å². The lowest BCUT2D eigenvalue weighted by Crippen LogP contribution is -2.26. The topological polar surface area (TPSA) is 33.5 Å². The molecule has 0 N–H and O–H groups in total. The minimum Gasteiger partial charge on any atom is -0.457 e. The zero-order valence-electron chi connectivity index (χ0n) is 43.4. The molecule has 8 aromatic carbocycles. The number of rotatable bonds is 12. The molecule has 2 aromatic heterocycles. The van der Waals surface area contributed by atoms with Crippen molar-refractivity contribution in [3.05, 3.63) is 216 Å². The summed E-state index contributed by atoms with van der Waals surface area (Å²) in [5.41, 5.74) is 19.9. The van der Waals surface area contributed by atoms with E-state index in [1.807, 2.05) is 30.5 Å². The molecule has 0 spiro atoms. The second kappa shape index (κ2) is 19.2. The van der Waals surface area contributed by atoms with E-state index in [0.29, 0.717) is 6.67 Å². The van der Waals surface area contributed by atoms with Crippen LogP contribution in [0.3, 0.4) is 0 Å². The highest BCUT2D eigenvalue weighted by Crippen LogP contribution is 2.52. The van der Waals surface area contributed by atoms with Crippen molar-refractivity contribution in [3.8, 4) is 50.7 Å². The maximum absolute atomic E-state index is 14.2. The van der Waals surface area contributed by atoms with Gasteiger partial charge in [-0.25, -0.2) is 9.37 Å².